The molecule has 0 radical (unpaired) electrons. The van der Waals surface area contributed by atoms with Crippen LogP contribution in [-0.2, 0) is 6.42 Å². The van der Waals surface area contributed by atoms with Crippen molar-refractivity contribution >= 4 is 11.3 Å². The van der Waals surface area contributed by atoms with Gasteiger partial charge < -0.3 is 0 Å². The highest BCUT2D eigenvalue weighted by Gasteiger charge is 2.18. The summed E-state index contributed by atoms with van der Waals surface area (Å²) < 4.78 is 0. The summed E-state index contributed by atoms with van der Waals surface area (Å²) in [4.78, 5) is 4.12. The number of rotatable bonds is 2. The van der Waals surface area contributed by atoms with Gasteiger partial charge in [-0.2, -0.15) is 5.26 Å². The number of hydrogen-bond acceptors (Lipinski definition) is 3. The van der Waals surface area contributed by atoms with Crippen LogP contribution in [0.2, 0.25) is 0 Å². The highest BCUT2D eigenvalue weighted by molar-refractivity contribution is 7.09. The Morgan fingerprint density at radius 1 is 1.73 bits per heavy atom. The molecule has 0 N–H and O–H groups in total. The van der Waals surface area contributed by atoms with E-state index in [-0.39, 0.29) is 5.41 Å². The van der Waals surface area contributed by atoms with E-state index < -0.39 is 0 Å². The van der Waals surface area contributed by atoms with Gasteiger partial charge >= 0.3 is 0 Å². The van der Waals surface area contributed by atoms with Crippen molar-refractivity contribution in [2.24, 2.45) is 5.41 Å². The van der Waals surface area contributed by atoms with Gasteiger partial charge in [0.25, 0.3) is 0 Å². The van der Waals surface area contributed by atoms with Gasteiger partial charge in [0.15, 0.2) is 0 Å². The van der Waals surface area contributed by atoms with Crippen LogP contribution >= 0.6 is 11.3 Å². The molecule has 0 fully saturated rings. The first-order chi connectivity index (χ1) is 5.14. The maximum Gasteiger partial charge on any atom is 0.0940 e. The Morgan fingerprint density at radius 3 is 2.91 bits per heavy atom. The van der Waals surface area contributed by atoms with Crippen molar-refractivity contribution in [3.63, 3.8) is 0 Å². The van der Waals surface area contributed by atoms with Gasteiger partial charge in [0.2, 0.25) is 0 Å². The van der Waals surface area contributed by atoms with Crippen molar-refractivity contribution < 1.29 is 0 Å². The van der Waals surface area contributed by atoms with Gasteiger partial charge in [0.1, 0.15) is 0 Å². The predicted octanol–water partition coefficient (Wildman–Crippen LogP) is 2.24. The van der Waals surface area contributed by atoms with Gasteiger partial charge in [-0.15, -0.1) is 11.3 Å². The predicted molar refractivity (Wildman–Crippen MR) is 45.2 cm³/mol. The van der Waals surface area contributed by atoms with Crippen molar-refractivity contribution in [2.45, 2.75) is 20.3 Å². The van der Waals surface area contributed by atoms with Gasteiger partial charge in [-0.25, -0.2) is 4.98 Å². The lowest BCUT2D eigenvalue weighted by Gasteiger charge is -2.11. The van der Waals surface area contributed by atoms with Crippen LogP contribution in [0.4, 0.5) is 0 Å². The van der Waals surface area contributed by atoms with Gasteiger partial charge in [0.05, 0.1) is 16.5 Å². The van der Waals surface area contributed by atoms with Crippen molar-refractivity contribution in [3.05, 3.63) is 16.6 Å². The zero-order chi connectivity index (χ0) is 8.32. The van der Waals surface area contributed by atoms with Crippen LogP contribution in [-0.4, -0.2) is 4.98 Å². The second-order valence-corrected chi connectivity index (χ2v) is 4.08. The quantitative estimate of drug-likeness (QED) is 0.675. The molecule has 0 atom stereocenters. The summed E-state index contributed by atoms with van der Waals surface area (Å²) in [5, 5.41) is 11.7. The summed E-state index contributed by atoms with van der Waals surface area (Å²) in [6, 6.07) is 2.25. The molecule has 0 bridgehead atoms. The lowest BCUT2D eigenvalue weighted by molar-refractivity contribution is 0.492. The Bertz CT molecular complexity index is 256. The van der Waals surface area contributed by atoms with E-state index >= 15 is 0 Å². The molecule has 0 saturated carbocycles. The monoisotopic (exact) mass is 166 g/mol. The number of nitriles is 1. The molecule has 11 heavy (non-hydrogen) atoms. The molecule has 0 saturated heterocycles. The molecule has 0 aliphatic heterocycles. The van der Waals surface area contributed by atoms with Gasteiger partial charge in [-0.3, -0.25) is 0 Å². The first kappa shape index (κ1) is 8.22. The Kier molecular flexibility index (Phi) is 2.25. The minimum absolute atomic E-state index is 0.280. The molecule has 0 aromatic carbocycles. The minimum Gasteiger partial charge on any atom is -0.250 e. The highest BCUT2D eigenvalue weighted by Crippen LogP contribution is 2.21. The van der Waals surface area contributed by atoms with Crippen molar-refractivity contribution in [1.29, 1.82) is 5.26 Å². The standard InChI is InChI=1S/C8H10N2S/c1-8(2,6-9)5-7-10-3-4-11-7/h3-4H,5H2,1-2H3. The molecule has 1 aromatic heterocycles. The van der Waals surface area contributed by atoms with Crippen molar-refractivity contribution in [1.82, 2.24) is 4.98 Å². The Hall–Kier alpha value is -0.880. The summed E-state index contributed by atoms with van der Waals surface area (Å²) in [5.41, 5.74) is -0.280. The summed E-state index contributed by atoms with van der Waals surface area (Å²) in [6.45, 7) is 3.85. The summed E-state index contributed by atoms with van der Waals surface area (Å²) >= 11 is 1.60. The molecule has 0 aliphatic carbocycles. The third-order valence-corrected chi connectivity index (χ3v) is 2.16. The molecular formula is C8H10N2S. The normalized spacial score (nSPS) is 11.0. The molecule has 3 heteroatoms. The second kappa shape index (κ2) is 3.02. The van der Waals surface area contributed by atoms with E-state index in [2.05, 4.69) is 11.1 Å². The molecule has 2 nitrogen and oxygen atoms in total. The van der Waals surface area contributed by atoms with Crippen LogP contribution in [0.15, 0.2) is 11.6 Å². The maximum absolute atomic E-state index is 8.72. The van der Waals surface area contributed by atoms with Crippen LogP contribution in [0.5, 0.6) is 0 Å². The number of hydrogen-bond donors (Lipinski definition) is 0. The third-order valence-electron chi connectivity index (χ3n) is 1.38. The molecular weight excluding hydrogens is 156 g/mol. The molecule has 0 amide bonds. The maximum atomic E-state index is 8.72. The molecule has 1 heterocycles. The van der Waals surface area contributed by atoms with Crippen LogP contribution in [0, 0.1) is 16.7 Å². The number of aromatic nitrogens is 1. The fourth-order valence-electron chi connectivity index (χ4n) is 0.758. The SMILES string of the molecule is CC(C)(C#N)Cc1nccs1. The number of thiazole rings is 1. The molecule has 0 unspecified atom stereocenters. The lowest BCUT2D eigenvalue weighted by atomic mass is 9.92. The van der Waals surface area contributed by atoms with Crippen molar-refractivity contribution in [3.8, 4) is 6.07 Å². The summed E-state index contributed by atoms with van der Waals surface area (Å²) in [7, 11) is 0. The van der Waals surface area contributed by atoms with Crippen molar-refractivity contribution in [2.75, 3.05) is 0 Å². The van der Waals surface area contributed by atoms with Crippen LogP contribution in [0.1, 0.15) is 18.9 Å². The van der Waals surface area contributed by atoms with E-state index in [1.54, 1.807) is 17.5 Å². The largest absolute Gasteiger partial charge is 0.250 e. The van der Waals surface area contributed by atoms with E-state index in [1.807, 2.05) is 19.2 Å². The average Bonchev–Trinajstić information content (AvgIpc) is 2.39. The average molecular weight is 166 g/mol. The Labute approximate surface area is 70.5 Å². The van der Waals surface area contributed by atoms with E-state index in [4.69, 9.17) is 5.26 Å². The van der Waals surface area contributed by atoms with Gasteiger partial charge in [-0.1, -0.05) is 0 Å². The smallest absolute Gasteiger partial charge is 0.0940 e. The first-order valence-corrected chi connectivity index (χ1v) is 4.32. The van der Waals surface area contributed by atoms with Gasteiger partial charge in [0, 0.05) is 18.0 Å². The molecule has 0 aliphatic rings. The fraction of sp³-hybridized carbons (Fsp3) is 0.500. The zero-order valence-corrected chi connectivity index (χ0v) is 7.48. The highest BCUT2D eigenvalue weighted by atomic mass is 32.1. The fourth-order valence-corrected chi connectivity index (χ4v) is 1.60. The van der Waals surface area contributed by atoms with Gasteiger partial charge in [-0.05, 0) is 13.8 Å². The summed E-state index contributed by atoms with van der Waals surface area (Å²) in [5.74, 6) is 0. The molecule has 1 aromatic rings. The zero-order valence-electron chi connectivity index (χ0n) is 6.66. The Morgan fingerprint density at radius 2 is 2.45 bits per heavy atom. The van der Waals surface area contributed by atoms with Crippen LogP contribution in [0.25, 0.3) is 0 Å². The topological polar surface area (TPSA) is 36.7 Å². The molecule has 0 spiro atoms. The molecule has 58 valence electrons. The third kappa shape index (κ3) is 2.32. The molecule has 1 rings (SSSR count). The van der Waals surface area contributed by atoms with E-state index in [1.165, 1.54) is 0 Å². The van der Waals surface area contributed by atoms with Crippen LogP contribution < -0.4 is 0 Å². The van der Waals surface area contributed by atoms with E-state index in [0.717, 1.165) is 11.4 Å². The number of nitrogens with zero attached hydrogens (tertiary/aromatic N) is 2. The second-order valence-electron chi connectivity index (χ2n) is 3.10. The van der Waals surface area contributed by atoms with Crippen LogP contribution in [0.3, 0.4) is 0 Å². The first-order valence-electron chi connectivity index (χ1n) is 3.44. The Balaban J connectivity index is 2.65. The van der Waals surface area contributed by atoms with E-state index in [0.29, 0.717) is 0 Å². The summed E-state index contributed by atoms with van der Waals surface area (Å²) in [6.07, 6.45) is 2.52. The van der Waals surface area contributed by atoms with E-state index in [9.17, 15) is 0 Å². The lowest BCUT2D eigenvalue weighted by Crippen LogP contribution is -2.11. The minimum atomic E-state index is -0.280.